The van der Waals surface area contributed by atoms with Crippen molar-refractivity contribution in [1.82, 2.24) is 5.32 Å². The van der Waals surface area contributed by atoms with Gasteiger partial charge in [0, 0.05) is 6.42 Å². The lowest BCUT2D eigenvalue weighted by atomic mass is 10.3. The van der Waals surface area contributed by atoms with Gasteiger partial charge in [-0.25, -0.2) is 5.32 Å². The minimum atomic E-state index is -4.44. The highest BCUT2D eigenvalue weighted by Gasteiger charge is 2.26. The molecule has 0 saturated carbocycles. The van der Waals surface area contributed by atoms with Gasteiger partial charge in [-0.15, -0.1) is 0 Å². The predicted octanol–water partition coefficient (Wildman–Crippen LogP) is 1.07. The van der Waals surface area contributed by atoms with E-state index in [9.17, 15) is 18.0 Å². The molecular formula is C5H8F3NO. The van der Waals surface area contributed by atoms with E-state index in [1.807, 2.05) is 0 Å². The van der Waals surface area contributed by atoms with E-state index in [0.29, 0.717) is 0 Å². The van der Waals surface area contributed by atoms with Crippen LogP contribution in [0.15, 0.2) is 0 Å². The molecule has 10 heavy (non-hydrogen) atoms. The summed E-state index contributed by atoms with van der Waals surface area (Å²) in [5, 5.41) is 1.12. The second kappa shape index (κ2) is 3.55. The number of ketones is 1. The van der Waals surface area contributed by atoms with Gasteiger partial charge in [-0.1, -0.05) is 6.92 Å². The Morgan fingerprint density at radius 2 is 2.00 bits per heavy atom. The summed E-state index contributed by atoms with van der Waals surface area (Å²) >= 11 is 0. The van der Waals surface area contributed by atoms with Crippen molar-refractivity contribution in [2.75, 3.05) is 6.54 Å². The predicted molar refractivity (Wildman–Crippen MR) is 29.4 cm³/mol. The second-order valence-electron chi connectivity index (χ2n) is 1.74. The van der Waals surface area contributed by atoms with Crippen molar-refractivity contribution in [2.45, 2.75) is 19.6 Å². The molecule has 0 radical (unpaired) electrons. The second-order valence-corrected chi connectivity index (χ2v) is 1.74. The molecule has 0 atom stereocenters. The molecule has 0 aromatic carbocycles. The number of alkyl halides is 3. The molecule has 1 N–H and O–H groups in total. The quantitative estimate of drug-likeness (QED) is 0.618. The first-order valence-corrected chi connectivity index (χ1v) is 2.79. The summed E-state index contributed by atoms with van der Waals surface area (Å²) in [5.41, 5.74) is 0. The topological polar surface area (TPSA) is 29.1 Å². The molecule has 0 aliphatic heterocycles. The van der Waals surface area contributed by atoms with Crippen molar-refractivity contribution in [3.05, 3.63) is 0 Å². The van der Waals surface area contributed by atoms with Crippen LogP contribution in [0.25, 0.3) is 0 Å². The van der Waals surface area contributed by atoms with Crippen LogP contribution in [-0.2, 0) is 4.79 Å². The summed E-state index contributed by atoms with van der Waals surface area (Å²) in [7, 11) is 0. The fourth-order valence-corrected chi connectivity index (χ4v) is 0.324. The first-order valence-electron chi connectivity index (χ1n) is 2.79. The molecule has 0 amide bonds. The Labute approximate surface area is 56.4 Å². The molecule has 2 nitrogen and oxygen atoms in total. The number of nitrogens with one attached hydrogen (secondary N) is 1. The van der Waals surface area contributed by atoms with Crippen LogP contribution in [0.2, 0.25) is 0 Å². The molecule has 0 aliphatic carbocycles. The van der Waals surface area contributed by atoms with Gasteiger partial charge in [0.05, 0.1) is 6.54 Å². The summed E-state index contributed by atoms with van der Waals surface area (Å²) in [4.78, 5) is 10.3. The van der Waals surface area contributed by atoms with Gasteiger partial charge >= 0.3 is 6.30 Å². The van der Waals surface area contributed by atoms with Crippen molar-refractivity contribution < 1.29 is 18.0 Å². The molecule has 0 saturated heterocycles. The number of rotatable bonds is 3. The summed E-state index contributed by atoms with van der Waals surface area (Å²) in [5.74, 6) is -0.447. The van der Waals surface area contributed by atoms with E-state index >= 15 is 0 Å². The zero-order valence-corrected chi connectivity index (χ0v) is 5.46. The number of carbonyl (C=O) groups is 1. The third-order valence-corrected chi connectivity index (χ3v) is 0.880. The van der Waals surface area contributed by atoms with Crippen LogP contribution in [0, 0.1) is 0 Å². The van der Waals surface area contributed by atoms with Crippen LogP contribution in [0.4, 0.5) is 13.2 Å². The van der Waals surface area contributed by atoms with Crippen LogP contribution in [0.3, 0.4) is 0 Å². The Morgan fingerprint density at radius 3 is 2.30 bits per heavy atom. The lowest BCUT2D eigenvalue weighted by Gasteiger charge is -2.05. The van der Waals surface area contributed by atoms with Gasteiger partial charge in [-0.3, -0.25) is 4.79 Å². The maximum absolute atomic E-state index is 11.3. The number of Topliss-reactive ketones (excluding diaryl/α,β-unsaturated/α-hetero) is 1. The van der Waals surface area contributed by atoms with E-state index in [1.54, 1.807) is 0 Å². The fraction of sp³-hybridized carbons (Fsp3) is 0.800. The Morgan fingerprint density at radius 1 is 1.50 bits per heavy atom. The SMILES string of the molecule is CCC(=O)CNC(F)(F)F. The van der Waals surface area contributed by atoms with E-state index < -0.39 is 18.6 Å². The Bertz CT molecular complexity index is 121. The Kier molecular flexibility index (Phi) is 3.35. The molecular weight excluding hydrogens is 147 g/mol. The highest BCUT2D eigenvalue weighted by molar-refractivity contribution is 5.80. The molecule has 5 heteroatoms. The summed E-state index contributed by atoms with van der Waals surface area (Å²) in [6, 6.07) is 0. The third-order valence-electron chi connectivity index (χ3n) is 0.880. The highest BCUT2D eigenvalue weighted by atomic mass is 19.4. The Balaban J connectivity index is 3.46. The van der Waals surface area contributed by atoms with Gasteiger partial charge in [0.15, 0.2) is 0 Å². The van der Waals surface area contributed by atoms with Gasteiger partial charge in [-0.05, 0) is 0 Å². The highest BCUT2D eigenvalue weighted by Crippen LogP contribution is 2.08. The number of hydrogen-bond donors (Lipinski definition) is 1. The third kappa shape index (κ3) is 5.55. The summed E-state index contributed by atoms with van der Waals surface area (Å²) in [6.45, 7) is 0.889. The number of carbonyl (C=O) groups excluding carboxylic acids is 1. The normalized spacial score (nSPS) is 11.6. The molecule has 0 heterocycles. The molecule has 0 spiro atoms. The first-order chi connectivity index (χ1) is 4.45. The molecule has 0 aromatic rings. The summed E-state index contributed by atoms with van der Waals surface area (Å²) in [6.07, 6.45) is -4.31. The smallest absolute Gasteiger partial charge is 0.298 e. The van der Waals surface area contributed by atoms with Crippen LogP contribution in [0.5, 0.6) is 0 Å². The average molecular weight is 155 g/mol. The van der Waals surface area contributed by atoms with E-state index in [0.717, 1.165) is 5.32 Å². The minimum absolute atomic E-state index is 0.128. The van der Waals surface area contributed by atoms with Gasteiger partial charge in [0.2, 0.25) is 0 Å². The van der Waals surface area contributed by atoms with Gasteiger partial charge in [-0.2, -0.15) is 13.2 Å². The molecule has 0 aromatic heterocycles. The van der Waals surface area contributed by atoms with E-state index in [4.69, 9.17) is 0 Å². The van der Waals surface area contributed by atoms with E-state index in [2.05, 4.69) is 0 Å². The van der Waals surface area contributed by atoms with Crippen molar-refractivity contribution in [2.24, 2.45) is 0 Å². The minimum Gasteiger partial charge on any atom is -0.298 e. The van der Waals surface area contributed by atoms with Crippen LogP contribution in [0.1, 0.15) is 13.3 Å². The van der Waals surface area contributed by atoms with Crippen LogP contribution < -0.4 is 5.32 Å². The Hall–Kier alpha value is -0.580. The van der Waals surface area contributed by atoms with Crippen LogP contribution >= 0.6 is 0 Å². The lowest BCUT2D eigenvalue weighted by molar-refractivity contribution is -0.160. The van der Waals surface area contributed by atoms with Gasteiger partial charge < -0.3 is 0 Å². The van der Waals surface area contributed by atoms with Gasteiger partial charge in [0.1, 0.15) is 5.78 Å². The maximum Gasteiger partial charge on any atom is 0.457 e. The summed E-state index contributed by atoms with van der Waals surface area (Å²) < 4.78 is 33.9. The molecule has 0 unspecified atom stereocenters. The van der Waals surface area contributed by atoms with E-state index in [1.165, 1.54) is 6.92 Å². The monoisotopic (exact) mass is 155 g/mol. The molecule has 0 rings (SSSR count). The molecule has 60 valence electrons. The molecule has 0 aliphatic rings. The van der Waals surface area contributed by atoms with Crippen molar-refractivity contribution in [3.8, 4) is 0 Å². The zero-order chi connectivity index (χ0) is 8.20. The number of halogens is 3. The largest absolute Gasteiger partial charge is 0.457 e. The standard InChI is InChI=1S/C5H8F3NO/c1-2-4(10)3-9-5(6,7)8/h9H,2-3H2,1H3. The lowest BCUT2D eigenvalue weighted by Crippen LogP contribution is -2.35. The average Bonchev–Trinajstić information content (AvgIpc) is 1.81. The first kappa shape index (κ1) is 9.42. The van der Waals surface area contributed by atoms with Crippen molar-refractivity contribution in [3.63, 3.8) is 0 Å². The van der Waals surface area contributed by atoms with Crippen molar-refractivity contribution >= 4 is 5.78 Å². The van der Waals surface area contributed by atoms with Crippen LogP contribution in [-0.4, -0.2) is 18.6 Å². The fourth-order valence-electron chi connectivity index (χ4n) is 0.324. The molecule has 0 fully saturated rings. The van der Waals surface area contributed by atoms with E-state index in [-0.39, 0.29) is 6.42 Å². The maximum atomic E-state index is 11.3. The molecule has 0 bridgehead atoms. The van der Waals surface area contributed by atoms with Gasteiger partial charge in [0.25, 0.3) is 0 Å². The zero-order valence-electron chi connectivity index (χ0n) is 5.46. The number of hydrogen-bond acceptors (Lipinski definition) is 2. The van der Waals surface area contributed by atoms with Crippen molar-refractivity contribution in [1.29, 1.82) is 0 Å².